The Morgan fingerprint density at radius 2 is 2.17 bits per heavy atom. The Hall–Kier alpha value is -2.71. The lowest BCUT2D eigenvalue weighted by Gasteiger charge is -2.34. The lowest BCUT2D eigenvalue weighted by Crippen LogP contribution is -2.34. The highest BCUT2D eigenvalue weighted by Gasteiger charge is 2.27. The van der Waals surface area contributed by atoms with Gasteiger partial charge in [-0.05, 0) is 45.4 Å². The number of thiazole rings is 1. The summed E-state index contributed by atoms with van der Waals surface area (Å²) in [7, 11) is 0. The standard InChI is InChI=1S/C21H24N6OS/c1-14-10-19(26-21(28)16-6-5-8-22-11-16)25-20(23-14)18-7-3-4-9-27(18)12-17-13-29-15(2)24-17/h5-6,8,10-11,13,18H,3-4,7,9,12H2,1-2H3,(H,23,25,26,28). The number of pyridine rings is 1. The van der Waals surface area contributed by atoms with E-state index in [1.165, 1.54) is 0 Å². The summed E-state index contributed by atoms with van der Waals surface area (Å²) in [6.07, 6.45) is 6.50. The van der Waals surface area contributed by atoms with E-state index in [0.717, 1.165) is 54.6 Å². The number of nitrogens with zero attached hydrogens (tertiary/aromatic N) is 5. The number of hydrogen-bond donors (Lipinski definition) is 1. The third-order valence-electron chi connectivity index (χ3n) is 4.98. The number of carbonyl (C=O) groups excluding carboxylic acids is 1. The van der Waals surface area contributed by atoms with Crippen LogP contribution in [0.4, 0.5) is 5.82 Å². The molecule has 1 N–H and O–H groups in total. The van der Waals surface area contributed by atoms with E-state index in [1.807, 2.05) is 13.8 Å². The Morgan fingerprint density at radius 3 is 2.93 bits per heavy atom. The molecule has 1 aliphatic rings. The number of carbonyl (C=O) groups is 1. The van der Waals surface area contributed by atoms with E-state index in [0.29, 0.717) is 11.4 Å². The maximum atomic E-state index is 12.5. The SMILES string of the molecule is Cc1cc(NC(=O)c2cccnc2)nc(C2CCCCN2Cc2csc(C)n2)n1. The normalized spacial score (nSPS) is 17.2. The lowest BCUT2D eigenvalue weighted by atomic mass is 10.0. The molecule has 1 atom stereocenters. The molecular formula is C21H24N6OS. The van der Waals surface area contributed by atoms with E-state index in [9.17, 15) is 4.79 Å². The average Bonchev–Trinajstić information content (AvgIpc) is 3.13. The molecule has 150 valence electrons. The highest BCUT2D eigenvalue weighted by molar-refractivity contribution is 7.09. The van der Waals surface area contributed by atoms with Gasteiger partial charge in [-0.3, -0.25) is 14.7 Å². The van der Waals surface area contributed by atoms with Crippen molar-refractivity contribution in [3.05, 3.63) is 63.8 Å². The summed E-state index contributed by atoms with van der Waals surface area (Å²) in [6.45, 7) is 5.75. The molecule has 0 saturated carbocycles. The van der Waals surface area contributed by atoms with Crippen molar-refractivity contribution in [1.82, 2.24) is 24.8 Å². The van der Waals surface area contributed by atoms with Crippen molar-refractivity contribution in [2.45, 2.75) is 45.7 Å². The fourth-order valence-electron chi connectivity index (χ4n) is 3.65. The molecule has 1 fully saturated rings. The Morgan fingerprint density at radius 1 is 1.28 bits per heavy atom. The van der Waals surface area contributed by atoms with Crippen LogP contribution in [0.3, 0.4) is 0 Å². The zero-order valence-corrected chi connectivity index (χ0v) is 17.4. The molecule has 1 saturated heterocycles. The van der Waals surface area contributed by atoms with Crippen LogP contribution in [0.2, 0.25) is 0 Å². The lowest BCUT2D eigenvalue weighted by molar-refractivity contribution is 0.102. The molecule has 4 heterocycles. The molecule has 1 amide bonds. The highest BCUT2D eigenvalue weighted by Crippen LogP contribution is 2.31. The summed E-state index contributed by atoms with van der Waals surface area (Å²) in [5, 5.41) is 6.09. The molecule has 0 radical (unpaired) electrons. The molecule has 3 aromatic rings. The average molecular weight is 409 g/mol. The fraction of sp³-hybridized carbons (Fsp3) is 0.381. The van der Waals surface area contributed by atoms with Gasteiger partial charge in [0.2, 0.25) is 0 Å². The number of anilines is 1. The Kier molecular flexibility index (Phi) is 5.92. The van der Waals surface area contributed by atoms with Crippen molar-refractivity contribution < 1.29 is 4.79 Å². The monoisotopic (exact) mass is 408 g/mol. The number of rotatable bonds is 5. The van der Waals surface area contributed by atoms with Crippen LogP contribution in [0.25, 0.3) is 0 Å². The van der Waals surface area contributed by atoms with E-state index in [2.05, 4.69) is 25.6 Å². The van der Waals surface area contributed by atoms with Gasteiger partial charge in [0.15, 0.2) is 0 Å². The summed E-state index contributed by atoms with van der Waals surface area (Å²) >= 11 is 1.68. The van der Waals surface area contributed by atoms with Gasteiger partial charge in [0.05, 0.1) is 22.3 Å². The van der Waals surface area contributed by atoms with Gasteiger partial charge in [-0.2, -0.15) is 0 Å². The Labute approximate surface area is 174 Å². The van der Waals surface area contributed by atoms with Gasteiger partial charge < -0.3 is 5.32 Å². The zero-order valence-electron chi connectivity index (χ0n) is 16.6. The second-order valence-electron chi connectivity index (χ2n) is 7.29. The Bertz CT molecular complexity index is 990. The first kappa shape index (κ1) is 19.6. The van der Waals surface area contributed by atoms with Crippen LogP contribution in [-0.4, -0.2) is 37.3 Å². The van der Waals surface area contributed by atoms with Gasteiger partial charge in [-0.1, -0.05) is 6.42 Å². The van der Waals surface area contributed by atoms with Crippen LogP contribution in [-0.2, 0) is 6.54 Å². The fourth-order valence-corrected chi connectivity index (χ4v) is 4.26. The second-order valence-corrected chi connectivity index (χ2v) is 8.35. The van der Waals surface area contributed by atoms with Gasteiger partial charge in [-0.25, -0.2) is 15.0 Å². The quantitative estimate of drug-likeness (QED) is 0.689. The molecule has 8 heteroatoms. The summed E-state index contributed by atoms with van der Waals surface area (Å²) in [6, 6.07) is 5.40. The molecule has 0 bridgehead atoms. The van der Waals surface area contributed by atoms with Gasteiger partial charge in [0, 0.05) is 36.1 Å². The molecule has 1 aliphatic heterocycles. The molecular weight excluding hydrogens is 384 g/mol. The first-order chi connectivity index (χ1) is 14.1. The highest BCUT2D eigenvalue weighted by atomic mass is 32.1. The van der Waals surface area contributed by atoms with Crippen molar-refractivity contribution in [3.63, 3.8) is 0 Å². The summed E-state index contributed by atoms with van der Waals surface area (Å²) in [5.74, 6) is 1.06. The van der Waals surface area contributed by atoms with Gasteiger partial charge in [0.1, 0.15) is 11.6 Å². The third-order valence-corrected chi connectivity index (χ3v) is 5.80. The van der Waals surface area contributed by atoms with Crippen LogP contribution in [0.15, 0.2) is 36.0 Å². The number of aromatic nitrogens is 4. The largest absolute Gasteiger partial charge is 0.306 e. The van der Waals surface area contributed by atoms with Gasteiger partial charge >= 0.3 is 0 Å². The van der Waals surface area contributed by atoms with Gasteiger partial charge in [-0.15, -0.1) is 11.3 Å². The number of hydrogen-bond acceptors (Lipinski definition) is 7. The summed E-state index contributed by atoms with van der Waals surface area (Å²) in [5.41, 5.74) is 2.44. The minimum Gasteiger partial charge on any atom is -0.306 e. The second kappa shape index (κ2) is 8.75. The Balaban J connectivity index is 1.55. The minimum atomic E-state index is -0.222. The summed E-state index contributed by atoms with van der Waals surface area (Å²) in [4.78, 5) is 32.9. The van der Waals surface area contributed by atoms with Crippen molar-refractivity contribution in [1.29, 1.82) is 0 Å². The molecule has 4 rings (SSSR count). The van der Waals surface area contributed by atoms with Crippen molar-refractivity contribution in [2.75, 3.05) is 11.9 Å². The molecule has 7 nitrogen and oxygen atoms in total. The summed E-state index contributed by atoms with van der Waals surface area (Å²) < 4.78 is 0. The topological polar surface area (TPSA) is 83.9 Å². The van der Waals surface area contributed by atoms with Crippen molar-refractivity contribution >= 4 is 23.1 Å². The van der Waals surface area contributed by atoms with E-state index >= 15 is 0 Å². The number of piperidine rings is 1. The predicted molar refractivity (Wildman–Crippen MR) is 113 cm³/mol. The van der Waals surface area contributed by atoms with Crippen LogP contribution in [0.5, 0.6) is 0 Å². The van der Waals surface area contributed by atoms with Crippen LogP contribution >= 0.6 is 11.3 Å². The van der Waals surface area contributed by atoms with E-state index in [4.69, 9.17) is 9.97 Å². The first-order valence-corrected chi connectivity index (χ1v) is 10.7. The van der Waals surface area contributed by atoms with Crippen LogP contribution in [0.1, 0.15) is 57.9 Å². The van der Waals surface area contributed by atoms with Gasteiger partial charge in [0.25, 0.3) is 5.91 Å². The van der Waals surface area contributed by atoms with E-state index < -0.39 is 0 Å². The number of nitrogens with one attached hydrogen (secondary N) is 1. The smallest absolute Gasteiger partial charge is 0.258 e. The minimum absolute atomic E-state index is 0.125. The molecule has 29 heavy (non-hydrogen) atoms. The molecule has 0 aliphatic carbocycles. The van der Waals surface area contributed by atoms with Crippen molar-refractivity contribution in [2.24, 2.45) is 0 Å². The predicted octanol–water partition coefficient (Wildman–Crippen LogP) is 3.92. The number of amides is 1. The third kappa shape index (κ3) is 4.83. The van der Waals surface area contributed by atoms with Crippen molar-refractivity contribution in [3.8, 4) is 0 Å². The molecule has 0 aromatic carbocycles. The number of aryl methyl sites for hydroxylation is 2. The van der Waals surface area contributed by atoms with Crippen LogP contribution < -0.4 is 5.32 Å². The van der Waals surface area contributed by atoms with E-state index in [1.54, 1.807) is 41.9 Å². The number of likely N-dealkylation sites (tertiary alicyclic amines) is 1. The molecule has 1 unspecified atom stereocenters. The maximum Gasteiger partial charge on any atom is 0.258 e. The maximum absolute atomic E-state index is 12.5. The van der Waals surface area contributed by atoms with E-state index in [-0.39, 0.29) is 11.9 Å². The van der Waals surface area contributed by atoms with Crippen LogP contribution in [0, 0.1) is 13.8 Å². The first-order valence-electron chi connectivity index (χ1n) is 9.80. The molecule has 3 aromatic heterocycles. The zero-order chi connectivity index (χ0) is 20.2. The molecule has 0 spiro atoms.